The molecular weight excluding hydrogens is 560 g/mol. The van der Waals surface area contributed by atoms with Gasteiger partial charge < -0.3 is 30.1 Å². The predicted molar refractivity (Wildman–Crippen MR) is 165 cm³/mol. The summed E-state index contributed by atoms with van der Waals surface area (Å²) in [5.74, 6) is -1.07. The van der Waals surface area contributed by atoms with E-state index in [1.165, 1.54) is 0 Å². The van der Waals surface area contributed by atoms with Gasteiger partial charge in [-0.3, -0.25) is 14.5 Å². The van der Waals surface area contributed by atoms with Crippen LogP contribution in [0.4, 0.5) is 0 Å². The molecule has 0 saturated carbocycles. The number of aliphatic hydroxyl groups is 2. The minimum Gasteiger partial charge on any atom is -0.481 e. The topological polar surface area (TPSA) is 129 Å². The van der Waals surface area contributed by atoms with E-state index in [0.29, 0.717) is 19.4 Å². The molecule has 2 fully saturated rings. The van der Waals surface area contributed by atoms with Crippen molar-refractivity contribution in [3.8, 4) is 11.1 Å². The van der Waals surface area contributed by atoms with Crippen LogP contribution in [0.15, 0.2) is 72.8 Å². The monoisotopic (exact) mass is 602 g/mol. The molecule has 2 aliphatic rings. The standard InChI is InChI=1S/C35H42N2O7/c38-22-24-12-14-26(15-13-24)32-19-31(21-37-16-4-9-30(37)23-39)43-35(44-32)29-8-2-7-28(18-29)27-6-1-5-25(17-27)20-36-33(40)10-3-11-34(41)42/h1-2,5-8,12-15,17-18,30-32,35,38-39H,3-4,9-11,16,19-23H2,(H,36,40)(H,41,42). The molecule has 9 nitrogen and oxygen atoms in total. The lowest BCUT2D eigenvalue weighted by atomic mass is 9.98. The molecule has 1 amide bonds. The summed E-state index contributed by atoms with van der Waals surface area (Å²) in [6, 6.07) is 24.1. The number of ether oxygens (including phenoxy) is 2. The van der Waals surface area contributed by atoms with Gasteiger partial charge in [-0.1, -0.05) is 60.7 Å². The molecule has 2 saturated heterocycles. The molecule has 234 valence electrons. The fourth-order valence-electron chi connectivity index (χ4n) is 6.05. The number of likely N-dealkylation sites (tertiary alicyclic amines) is 1. The van der Waals surface area contributed by atoms with Crippen molar-refractivity contribution in [1.82, 2.24) is 10.2 Å². The number of benzene rings is 3. The Hall–Kier alpha value is -3.60. The van der Waals surface area contributed by atoms with Gasteiger partial charge in [0.1, 0.15) is 0 Å². The predicted octanol–water partition coefficient (Wildman–Crippen LogP) is 4.72. The summed E-state index contributed by atoms with van der Waals surface area (Å²) in [6.07, 6.45) is 2.36. The summed E-state index contributed by atoms with van der Waals surface area (Å²) in [6.45, 7) is 2.16. The maximum Gasteiger partial charge on any atom is 0.303 e. The van der Waals surface area contributed by atoms with E-state index in [0.717, 1.165) is 59.3 Å². The normalized spacial score (nSPS) is 22.1. The Balaban J connectivity index is 1.31. The van der Waals surface area contributed by atoms with Crippen molar-refractivity contribution in [3.63, 3.8) is 0 Å². The van der Waals surface area contributed by atoms with Gasteiger partial charge in [0.2, 0.25) is 5.91 Å². The molecule has 0 radical (unpaired) electrons. The minimum absolute atomic E-state index is 0.00910. The molecule has 0 aromatic heterocycles. The first-order valence-electron chi connectivity index (χ1n) is 15.4. The van der Waals surface area contributed by atoms with E-state index < -0.39 is 12.3 Å². The first kappa shape index (κ1) is 31.8. The van der Waals surface area contributed by atoms with Gasteiger partial charge in [0.15, 0.2) is 6.29 Å². The number of carbonyl (C=O) groups excluding carboxylic acids is 1. The molecular formula is C35H42N2O7. The van der Waals surface area contributed by atoms with Crippen LogP contribution in [-0.4, -0.2) is 63.9 Å². The average molecular weight is 603 g/mol. The zero-order chi connectivity index (χ0) is 30.9. The van der Waals surface area contributed by atoms with E-state index in [9.17, 15) is 19.8 Å². The van der Waals surface area contributed by atoms with Crippen molar-refractivity contribution < 1.29 is 34.4 Å². The molecule has 3 aromatic rings. The average Bonchev–Trinajstić information content (AvgIpc) is 3.50. The summed E-state index contributed by atoms with van der Waals surface area (Å²) in [5.41, 5.74) is 5.73. The number of carboxylic acids is 1. The Morgan fingerprint density at radius 2 is 1.66 bits per heavy atom. The number of nitrogens with zero attached hydrogens (tertiary/aromatic N) is 1. The van der Waals surface area contributed by atoms with E-state index >= 15 is 0 Å². The molecule has 0 spiro atoms. The fourth-order valence-corrected chi connectivity index (χ4v) is 6.05. The van der Waals surface area contributed by atoms with E-state index in [1.807, 2.05) is 66.7 Å². The van der Waals surface area contributed by atoms with Crippen LogP contribution >= 0.6 is 0 Å². The molecule has 44 heavy (non-hydrogen) atoms. The zero-order valence-electron chi connectivity index (χ0n) is 24.9. The highest BCUT2D eigenvalue weighted by atomic mass is 16.7. The van der Waals surface area contributed by atoms with Crippen LogP contribution in [0.25, 0.3) is 11.1 Å². The molecule has 4 N–H and O–H groups in total. The SMILES string of the molecule is O=C(O)CCCC(=O)NCc1cccc(-c2cccc(C3OC(CN4CCCC4CO)CC(c4ccc(CO)cc4)O3)c2)c1. The number of hydrogen-bond donors (Lipinski definition) is 4. The van der Waals surface area contributed by atoms with Gasteiger partial charge in [0.25, 0.3) is 0 Å². The first-order chi connectivity index (χ1) is 21.4. The number of hydrogen-bond acceptors (Lipinski definition) is 7. The quantitative estimate of drug-likeness (QED) is 0.221. The van der Waals surface area contributed by atoms with Crippen molar-refractivity contribution in [2.45, 2.75) is 76.2 Å². The largest absolute Gasteiger partial charge is 0.481 e. The van der Waals surface area contributed by atoms with E-state index in [4.69, 9.17) is 14.6 Å². The lowest BCUT2D eigenvalue weighted by molar-refractivity contribution is -0.253. The van der Waals surface area contributed by atoms with E-state index in [2.05, 4.69) is 16.3 Å². The summed E-state index contributed by atoms with van der Waals surface area (Å²) < 4.78 is 13.2. The lowest BCUT2D eigenvalue weighted by Gasteiger charge is -2.38. The molecule has 9 heteroatoms. The minimum atomic E-state index is -0.901. The third kappa shape index (κ3) is 8.52. The highest BCUT2D eigenvalue weighted by molar-refractivity contribution is 5.76. The molecule has 2 aliphatic heterocycles. The van der Waals surface area contributed by atoms with Gasteiger partial charge in [-0.05, 0) is 65.8 Å². The molecule has 2 heterocycles. The van der Waals surface area contributed by atoms with Gasteiger partial charge in [-0.25, -0.2) is 0 Å². The highest BCUT2D eigenvalue weighted by Gasteiger charge is 2.35. The lowest BCUT2D eigenvalue weighted by Crippen LogP contribution is -2.42. The number of amides is 1. The Morgan fingerprint density at radius 3 is 2.41 bits per heavy atom. The van der Waals surface area contributed by atoms with Crippen LogP contribution in [0.1, 0.15) is 73.2 Å². The van der Waals surface area contributed by atoms with Gasteiger partial charge in [-0.15, -0.1) is 0 Å². The van der Waals surface area contributed by atoms with Crippen LogP contribution < -0.4 is 5.32 Å². The Labute approximate surface area is 258 Å². The molecule has 4 unspecified atom stereocenters. The van der Waals surface area contributed by atoms with Crippen molar-refractivity contribution in [2.24, 2.45) is 0 Å². The number of aliphatic carboxylic acids is 1. The van der Waals surface area contributed by atoms with Gasteiger partial charge >= 0.3 is 5.97 Å². The van der Waals surface area contributed by atoms with E-state index in [-0.39, 0.29) is 50.2 Å². The number of nitrogens with one attached hydrogen (secondary N) is 1. The molecule has 0 aliphatic carbocycles. The third-order valence-corrected chi connectivity index (χ3v) is 8.47. The zero-order valence-corrected chi connectivity index (χ0v) is 24.9. The third-order valence-electron chi connectivity index (χ3n) is 8.47. The second-order valence-electron chi connectivity index (χ2n) is 11.7. The summed E-state index contributed by atoms with van der Waals surface area (Å²) in [4.78, 5) is 25.2. The number of carbonyl (C=O) groups is 2. The van der Waals surface area contributed by atoms with Crippen LogP contribution in [0, 0.1) is 0 Å². The second kappa shape index (κ2) is 15.4. The van der Waals surface area contributed by atoms with Crippen LogP contribution in [0.2, 0.25) is 0 Å². The smallest absolute Gasteiger partial charge is 0.303 e. The van der Waals surface area contributed by atoms with Crippen molar-refractivity contribution >= 4 is 11.9 Å². The molecule has 4 atom stereocenters. The highest BCUT2D eigenvalue weighted by Crippen LogP contribution is 2.39. The van der Waals surface area contributed by atoms with Gasteiger partial charge in [0.05, 0.1) is 25.4 Å². The summed E-state index contributed by atoms with van der Waals surface area (Å²) in [7, 11) is 0. The van der Waals surface area contributed by atoms with Crippen molar-refractivity contribution in [1.29, 1.82) is 0 Å². The van der Waals surface area contributed by atoms with Crippen molar-refractivity contribution in [2.75, 3.05) is 19.7 Å². The van der Waals surface area contributed by atoms with Crippen molar-refractivity contribution in [3.05, 3.63) is 95.1 Å². The molecule has 0 bridgehead atoms. The van der Waals surface area contributed by atoms with Gasteiger partial charge in [-0.2, -0.15) is 0 Å². The second-order valence-corrected chi connectivity index (χ2v) is 11.7. The van der Waals surface area contributed by atoms with E-state index in [1.54, 1.807) is 0 Å². The number of aliphatic hydroxyl groups excluding tert-OH is 2. The maximum atomic E-state index is 12.1. The Kier molecular flexibility index (Phi) is 11.1. The molecule has 3 aromatic carbocycles. The Morgan fingerprint density at radius 1 is 0.886 bits per heavy atom. The van der Waals surface area contributed by atoms with Gasteiger partial charge in [0, 0.05) is 44.0 Å². The summed E-state index contributed by atoms with van der Waals surface area (Å²) in [5, 5.41) is 31.0. The fraction of sp³-hybridized carbons (Fsp3) is 0.429. The first-order valence-corrected chi connectivity index (χ1v) is 15.4. The van der Waals surface area contributed by atoms with Crippen LogP contribution in [-0.2, 0) is 32.2 Å². The van der Waals surface area contributed by atoms with Crippen LogP contribution in [0.5, 0.6) is 0 Å². The number of carboxylic acid groups (broad SMARTS) is 1. The van der Waals surface area contributed by atoms with Crippen LogP contribution in [0.3, 0.4) is 0 Å². The molecule has 5 rings (SSSR count). The maximum absolute atomic E-state index is 12.1. The Bertz CT molecular complexity index is 1400. The number of rotatable bonds is 13. The summed E-state index contributed by atoms with van der Waals surface area (Å²) >= 11 is 0.